The maximum absolute atomic E-state index is 13.5. The van der Waals surface area contributed by atoms with E-state index in [2.05, 4.69) is 4.99 Å². The molecule has 0 amide bonds. The average Bonchev–Trinajstić information content (AvgIpc) is 2.38. The van der Waals surface area contributed by atoms with Crippen LogP contribution in [0.4, 0.5) is 15.8 Å². The Balaban J connectivity index is 2.40. The van der Waals surface area contributed by atoms with Gasteiger partial charge in [-0.1, -0.05) is 24.3 Å². The smallest absolute Gasteiger partial charge is 0.258 e. The molecule has 2 aromatic carbocycles. The Labute approximate surface area is 103 Å². The van der Waals surface area contributed by atoms with E-state index in [1.807, 2.05) is 6.07 Å². The highest BCUT2D eigenvalue weighted by atomic mass is 19.1. The summed E-state index contributed by atoms with van der Waals surface area (Å²) in [5.74, 6) is -0.663. The minimum absolute atomic E-state index is 0.119. The van der Waals surface area contributed by atoms with Gasteiger partial charge < -0.3 is 0 Å². The zero-order valence-electron chi connectivity index (χ0n) is 9.29. The highest BCUT2D eigenvalue weighted by Crippen LogP contribution is 2.20. The van der Waals surface area contributed by atoms with Crippen LogP contribution >= 0.6 is 0 Å². The number of hydrogen-bond acceptors (Lipinski definition) is 3. The van der Waals surface area contributed by atoms with Gasteiger partial charge in [-0.3, -0.25) is 15.1 Å². The van der Waals surface area contributed by atoms with Crippen molar-refractivity contribution in [2.75, 3.05) is 0 Å². The lowest BCUT2D eigenvalue weighted by Gasteiger charge is -1.98. The third kappa shape index (κ3) is 2.57. The maximum Gasteiger partial charge on any atom is 0.281 e. The summed E-state index contributed by atoms with van der Waals surface area (Å²) in [6.45, 7) is 0. The molecule has 0 aliphatic rings. The third-order valence-corrected chi connectivity index (χ3v) is 2.33. The molecule has 0 fully saturated rings. The molecule has 0 spiro atoms. The Hall–Kier alpha value is -2.56. The van der Waals surface area contributed by atoms with E-state index in [-0.39, 0.29) is 11.3 Å². The Bertz CT molecular complexity index is 597. The quantitative estimate of drug-likeness (QED) is 0.471. The molecule has 0 saturated heterocycles. The molecule has 0 saturated carbocycles. The lowest BCUT2D eigenvalue weighted by atomic mass is 10.2. The largest absolute Gasteiger partial charge is 0.281 e. The second-order valence-electron chi connectivity index (χ2n) is 3.52. The van der Waals surface area contributed by atoms with E-state index in [0.29, 0.717) is 5.69 Å². The van der Waals surface area contributed by atoms with E-state index in [1.165, 1.54) is 24.4 Å². The number of nitro benzene ring substituents is 1. The van der Waals surface area contributed by atoms with Crippen LogP contribution < -0.4 is 0 Å². The van der Waals surface area contributed by atoms with Gasteiger partial charge in [0.15, 0.2) is 0 Å². The Morgan fingerprint density at radius 2 is 1.83 bits per heavy atom. The second kappa shape index (κ2) is 5.18. The van der Waals surface area contributed by atoms with Crippen molar-refractivity contribution in [3.63, 3.8) is 0 Å². The standard InChI is InChI=1S/C13H9FN2O2/c14-12-7-4-8-13(16(17)18)11(12)9-15-10-5-2-1-3-6-10/h1-9H. The van der Waals surface area contributed by atoms with E-state index in [9.17, 15) is 14.5 Å². The number of rotatable bonds is 3. The highest BCUT2D eigenvalue weighted by molar-refractivity contribution is 5.87. The summed E-state index contributed by atoms with van der Waals surface area (Å²) in [5.41, 5.74) is 0.191. The van der Waals surface area contributed by atoms with Crippen molar-refractivity contribution in [3.8, 4) is 0 Å². The SMILES string of the molecule is O=[N+]([O-])c1cccc(F)c1C=Nc1ccccc1. The van der Waals surface area contributed by atoms with Gasteiger partial charge >= 0.3 is 0 Å². The average molecular weight is 244 g/mol. The van der Waals surface area contributed by atoms with Crippen molar-refractivity contribution in [3.05, 3.63) is 70.0 Å². The van der Waals surface area contributed by atoms with Crippen LogP contribution in [0, 0.1) is 15.9 Å². The summed E-state index contributed by atoms with van der Waals surface area (Å²) in [4.78, 5) is 14.1. The van der Waals surface area contributed by atoms with Gasteiger partial charge in [0, 0.05) is 12.3 Å². The molecule has 0 atom stereocenters. The summed E-state index contributed by atoms with van der Waals surface area (Å²) in [7, 11) is 0. The fourth-order valence-corrected chi connectivity index (χ4v) is 1.47. The number of nitro groups is 1. The monoisotopic (exact) mass is 244 g/mol. The molecule has 0 heterocycles. The van der Waals surface area contributed by atoms with Gasteiger partial charge in [-0.15, -0.1) is 0 Å². The molecule has 4 nitrogen and oxygen atoms in total. The molecule has 5 heteroatoms. The van der Waals surface area contributed by atoms with Crippen molar-refractivity contribution in [2.24, 2.45) is 4.99 Å². The van der Waals surface area contributed by atoms with E-state index < -0.39 is 10.7 Å². The highest BCUT2D eigenvalue weighted by Gasteiger charge is 2.15. The molecule has 0 radical (unpaired) electrons. The second-order valence-corrected chi connectivity index (χ2v) is 3.52. The van der Waals surface area contributed by atoms with Crippen LogP contribution in [-0.4, -0.2) is 11.1 Å². The first-order chi connectivity index (χ1) is 8.68. The first kappa shape index (κ1) is 11.9. The summed E-state index contributed by atoms with van der Waals surface area (Å²) in [6, 6.07) is 12.5. The molecule has 0 N–H and O–H groups in total. The minimum atomic E-state index is -0.663. The molecule has 0 bridgehead atoms. The number of halogens is 1. The van der Waals surface area contributed by atoms with E-state index in [1.54, 1.807) is 24.3 Å². The van der Waals surface area contributed by atoms with Crippen molar-refractivity contribution in [2.45, 2.75) is 0 Å². The molecule has 0 unspecified atom stereocenters. The van der Waals surface area contributed by atoms with Gasteiger partial charge in [0.2, 0.25) is 0 Å². The topological polar surface area (TPSA) is 55.5 Å². The number of hydrogen-bond donors (Lipinski definition) is 0. The van der Waals surface area contributed by atoms with Crippen LogP contribution in [0.5, 0.6) is 0 Å². The molecule has 2 rings (SSSR count). The van der Waals surface area contributed by atoms with E-state index >= 15 is 0 Å². The fourth-order valence-electron chi connectivity index (χ4n) is 1.47. The van der Waals surface area contributed by atoms with Gasteiger partial charge in [-0.05, 0) is 18.2 Å². The normalized spacial score (nSPS) is 10.7. The molecule has 0 aromatic heterocycles. The van der Waals surface area contributed by atoms with Crippen molar-refractivity contribution in [1.29, 1.82) is 0 Å². The van der Waals surface area contributed by atoms with Crippen molar-refractivity contribution >= 4 is 17.6 Å². The third-order valence-electron chi connectivity index (χ3n) is 2.33. The van der Waals surface area contributed by atoms with Crippen molar-refractivity contribution < 1.29 is 9.31 Å². The predicted molar refractivity (Wildman–Crippen MR) is 66.8 cm³/mol. The lowest BCUT2D eigenvalue weighted by Crippen LogP contribution is -1.97. The minimum Gasteiger partial charge on any atom is -0.258 e. The maximum atomic E-state index is 13.5. The van der Waals surface area contributed by atoms with Crippen LogP contribution in [0.3, 0.4) is 0 Å². The van der Waals surface area contributed by atoms with Crippen molar-refractivity contribution in [1.82, 2.24) is 0 Å². The Kier molecular flexibility index (Phi) is 3.43. The fraction of sp³-hybridized carbons (Fsp3) is 0. The van der Waals surface area contributed by atoms with Crippen LogP contribution in [0.15, 0.2) is 53.5 Å². The van der Waals surface area contributed by atoms with Crippen LogP contribution in [-0.2, 0) is 0 Å². The van der Waals surface area contributed by atoms with Gasteiger partial charge in [0.25, 0.3) is 5.69 Å². The van der Waals surface area contributed by atoms with E-state index in [0.717, 1.165) is 0 Å². The predicted octanol–water partition coefficient (Wildman–Crippen LogP) is 3.48. The number of nitrogens with zero attached hydrogens (tertiary/aromatic N) is 2. The zero-order valence-corrected chi connectivity index (χ0v) is 9.29. The molecule has 90 valence electrons. The zero-order chi connectivity index (χ0) is 13.0. The number of para-hydroxylation sites is 1. The summed E-state index contributed by atoms with van der Waals surface area (Å²) < 4.78 is 13.5. The molecule has 18 heavy (non-hydrogen) atoms. The summed E-state index contributed by atoms with van der Waals surface area (Å²) in [6.07, 6.45) is 1.17. The molecular formula is C13H9FN2O2. The number of aliphatic imine (C=N–C) groups is 1. The van der Waals surface area contributed by atoms with Gasteiger partial charge in [0.1, 0.15) is 11.4 Å². The Morgan fingerprint density at radius 1 is 1.11 bits per heavy atom. The molecule has 0 aliphatic carbocycles. The summed E-state index contributed by atoms with van der Waals surface area (Å²) >= 11 is 0. The van der Waals surface area contributed by atoms with Crippen LogP contribution in [0.2, 0.25) is 0 Å². The molecular weight excluding hydrogens is 235 g/mol. The number of benzene rings is 2. The molecule has 0 aliphatic heterocycles. The first-order valence-corrected chi connectivity index (χ1v) is 5.20. The summed E-state index contributed by atoms with van der Waals surface area (Å²) in [5, 5.41) is 10.8. The lowest BCUT2D eigenvalue weighted by molar-refractivity contribution is -0.385. The van der Waals surface area contributed by atoms with E-state index in [4.69, 9.17) is 0 Å². The van der Waals surface area contributed by atoms with Gasteiger partial charge in [-0.25, -0.2) is 4.39 Å². The first-order valence-electron chi connectivity index (χ1n) is 5.20. The molecule has 2 aromatic rings. The van der Waals surface area contributed by atoms with Crippen LogP contribution in [0.25, 0.3) is 0 Å². The van der Waals surface area contributed by atoms with Crippen LogP contribution in [0.1, 0.15) is 5.56 Å². The van der Waals surface area contributed by atoms with Gasteiger partial charge in [-0.2, -0.15) is 0 Å². The Morgan fingerprint density at radius 3 is 2.50 bits per heavy atom. The van der Waals surface area contributed by atoms with Gasteiger partial charge in [0.05, 0.1) is 10.6 Å².